The average Bonchev–Trinajstić information content (AvgIpc) is 2.44. The van der Waals surface area contributed by atoms with Crippen LogP contribution in [0.15, 0.2) is 46.9 Å². The Kier molecular flexibility index (Phi) is 5.07. The molecule has 0 aromatic heterocycles. The lowest BCUT2D eigenvalue weighted by Crippen LogP contribution is -2.29. The molecule has 0 saturated carbocycles. The molecule has 2 aromatic rings. The van der Waals surface area contributed by atoms with Gasteiger partial charge in [0.15, 0.2) is 0 Å². The summed E-state index contributed by atoms with van der Waals surface area (Å²) in [6.45, 7) is 1.90. The zero-order valence-electron chi connectivity index (χ0n) is 11.4. The van der Waals surface area contributed by atoms with E-state index in [0.29, 0.717) is 6.42 Å². The fraction of sp³-hybridized carbons (Fsp3) is 0.188. The van der Waals surface area contributed by atoms with Crippen LogP contribution >= 0.6 is 15.9 Å². The van der Waals surface area contributed by atoms with Gasteiger partial charge in [0.1, 0.15) is 17.2 Å². The highest BCUT2D eigenvalue weighted by Crippen LogP contribution is 2.21. The second-order valence-electron chi connectivity index (χ2n) is 4.59. The molecule has 0 aliphatic rings. The van der Waals surface area contributed by atoms with Crippen LogP contribution in [0.3, 0.4) is 0 Å². The summed E-state index contributed by atoms with van der Waals surface area (Å²) in [4.78, 5) is 12.1. The van der Waals surface area contributed by atoms with E-state index >= 15 is 0 Å². The molecular formula is C16H14BrF2NO. The van der Waals surface area contributed by atoms with Crippen molar-refractivity contribution >= 4 is 21.8 Å². The van der Waals surface area contributed by atoms with E-state index in [1.54, 1.807) is 0 Å². The quantitative estimate of drug-likeness (QED) is 0.854. The van der Waals surface area contributed by atoms with Crippen molar-refractivity contribution in [3.63, 3.8) is 0 Å². The maximum absolute atomic E-state index is 13.8. The smallest absolute Gasteiger partial charge is 0.257 e. The lowest BCUT2D eigenvalue weighted by molar-refractivity contribution is 0.0927. The van der Waals surface area contributed by atoms with Gasteiger partial charge < -0.3 is 5.32 Å². The van der Waals surface area contributed by atoms with E-state index in [1.165, 1.54) is 0 Å². The topological polar surface area (TPSA) is 29.1 Å². The minimum atomic E-state index is -0.887. The maximum Gasteiger partial charge on any atom is 0.257 e. The van der Waals surface area contributed by atoms with E-state index in [4.69, 9.17) is 0 Å². The SMILES string of the molecule is CCC(NC(=O)c1c(F)cc(Br)cc1F)c1ccccc1. The first-order valence-electron chi connectivity index (χ1n) is 6.53. The molecule has 5 heteroatoms. The van der Waals surface area contributed by atoms with Crippen LogP contribution in [0, 0.1) is 11.6 Å². The van der Waals surface area contributed by atoms with Gasteiger partial charge in [0, 0.05) is 4.47 Å². The van der Waals surface area contributed by atoms with Crippen LogP contribution in [0.1, 0.15) is 35.3 Å². The number of hydrogen-bond donors (Lipinski definition) is 1. The number of benzene rings is 2. The van der Waals surface area contributed by atoms with E-state index in [0.717, 1.165) is 17.7 Å². The summed E-state index contributed by atoms with van der Waals surface area (Å²) in [5.41, 5.74) is 0.332. The monoisotopic (exact) mass is 353 g/mol. The summed E-state index contributed by atoms with van der Waals surface area (Å²) < 4.78 is 27.8. The van der Waals surface area contributed by atoms with Gasteiger partial charge in [-0.25, -0.2) is 8.78 Å². The minimum absolute atomic E-state index is 0.254. The highest BCUT2D eigenvalue weighted by atomic mass is 79.9. The Morgan fingerprint density at radius 2 is 1.76 bits per heavy atom. The van der Waals surface area contributed by atoms with Gasteiger partial charge in [-0.15, -0.1) is 0 Å². The molecule has 0 spiro atoms. The maximum atomic E-state index is 13.8. The third-order valence-electron chi connectivity index (χ3n) is 3.15. The van der Waals surface area contributed by atoms with Gasteiger partial charge in [0.25, 0.3) is 5.91 Å². The van der Waals surface area contributed by atoms with E-state index in [-0.39, 0.29) is 10.5 Å². The Labute approximate surface area is 130 Å². The molecule has 0 fully saturated rings. The molecule has 110 valence electrons. The van der Waals surface area contributed by atoms with Crippen molar-refractivity contribution in [1.29, 1.82) is 0 Å². The van der Waals surface area contributed by atoms with Crippen molar-refractivity contribution in [2.24, 2.45) is 0 Å². The van der Waals surface area contributed by atoms with Crippen LogP contribution < -0.4 is 5.32 Å². The Bertz CT molecular complexity index is 623. The third kappa shape index (κ3) is 3.67. The molecule has 21 heavy (non-hydrogen) atoms. The number of carbonyl (C=O) groups excluding carboxylic acids is 1. The Balaban J connectivity index is 2.25. The number of rotatable bonds is 4. The van der Waals surface area contributed by atoms with Crippen LogP contribution in [-0.2, 0) is 0 Å². The molecular weight excluding hydrogens is 340 g/mol. The molecule has 1 amide bonds. The van der Waals surface area contributed by atoms with Gasteiger partial charge in [0.05, 0.1) is 6.04 Å². The average molecular weight is 354 g/mol. The molecule has 0 aliphatic carbocycles. The fourth-order valence-electron chi connectivity index (χ4n) is 2.10. The van der Waals surface area contributed by atoms with Crippen LogP contribution in [0.5, 0.6) is 0 Å². The van der Waals surface area contributed by atoms with Crippen LogP contribution in [0.25, 0.3) is 0 Å². The van der Waals surface area contributed by atoms with Gasteiger partial charge in [-0.3, -0.25) is 4.79 Å². The summed E-state index contributed by atoms with van der Waals surface area (Å²) in [7, 11) is 0. The lowest BCUT2D eigenvalue weighted by Gasteiger charge is -2.18. The number of amides is 1. The van der Waals surface area contributed by atoms with Gasteiger partial charge in [-0.05, 0) is 24.1 Å². The second kappa shape index (κ2) is 6.80. The molecule has 1 atom stereocenters. The molecule has 0 heterocycles. The number of hydrogen-bond acceptors (Lipinski definition) is 1. The van der Waals surface area contributed by atoms with Crippen LogP contribution in [-0.4, -0.2) is 5.91 Å². The molecule has 0 aliphatic heterocycles. The molecule has 2 nitrogen and oxygen atoms in total. The molecule has 2 rings (SSSR count). The first kappa shape index (κ1) is 15.6. The van der Waals surface area contributed by atoms with Crippen molar-refractivity contribution in [1.82, 2.24) is 5.32 Å². The number of nitrogens with one attached hydrogen (secondary N) is 1. The van der Waals surface area contributed by atoms with Gasteiger partial charge >= 0.3 is 0 Å². The van der Waals surface area contributed by atoms with Gasteiger partial charge in [-0.1, -0.05) is 53.2 Å². The highest BCUT2D eigenvalue weighted by molar-refractivity contribution is 9.10. The van der Waals surface area contributed by atoms with E-state index in [9.17, 15) is 13.6 Å². The molecule has 1 unspecified atom stereocenters. The second-order valence-corrected chi connectivity index (χ2v) is 5.51. The molecule has 0 bridgehead atoms. The summed E-state index contributed by atoms with van der Waals surface area (Å²) in [5.74, 6) is -2.53. The number of carbonyl (C=O) groups is 1. The third-order valence-corrected chi connectivity index (χ3v) is 3.61. The first-order chi connectivity index (χ1) is 10.0. The van der Waals surface area contributed by atoms with Crippen molar-refractivity contribution in [2.75, 3.05) is 0 Å². The van der Waals surface area contributed by atoms with Crippen molar-refractivity contribution in [2.45, 2.75) is 19.4 Å². The van der Waals surface area contributed by atoms with Crippen LogP contribution in [0.4, 0.5) is 8.78 Å². The van der Waals surface area contributed by atoms with E-state index in [2.05, 4.69) is 21.2 Å². The van der Waals surface area contributed by atoms with Crippen molar-refractivity contribution in [3.05, 3.63) is 69.7 Å². The number of halogens is 3. The standard InChI is InChI=1S/C16H14BrF2NO/c1-2-14(10-6-4-3-5-7-10)20-16(21)15-12(18)8-11(17)9-13(15)19/h3-9,14H,2H2,1H3,(H,20,21). The predicted molar refractivity (Wildman–Crippen MR) is 81.0 cm³/mol. The molecule has 0 radical (unpaired) electrons. The normalized spacial score (nSPS) is 12.0. The zero-order chi connectivity index (χ0) is 15.4. The zero-order valence-corrected chi connectivity index (χ0v) is 13.0. The Morgan fingerprint density at radius 3 is 2.29 bits per heavy atom. The molecule has 0 saturated heterocycles. The molecule has 1 N–H and O–H groups in total. The summed E-state index contributed by atoms with van der Waals surface area (Å²) in [5, 5.41) is 2.67. The Hall–Kier alpha value is -1.75. The van der Waals surface area contributed by atoms with Gasteiger partial charge in [-0.2, -0.15) is 0 Å². The van der Waals surface area contributed by atoms with Crippen LogP contribution in [0.2, 0.25) is 0 Å². The molecule has 2 aromatic carbocycles. The fourth-order valence-corrected chi connectivity index (χ4v) is 2.50. The minimum Gasteiger partial charge on any atom is -0.345 e. The summed E-state index contributed by atoms with van der Waals surface area (Å²) >= 11 is 2.99. The first-order valence-corrected chi connectivity index (χ1v) is 7.32. The van der Waals surface area contributed by atoms with E-state index in [1.807, 2.05) is 37.3 Å². The van der Waals surface area contributed by atoms with Crippen molar-refractivity contribution < 1.29 is 13.6 Å². The summed E-state index contributed by atoms with van der Waals surface area (Å²) in [6.07, 6.45) is 0.621. The largest absolute Gasteiger partial charge is 0.345 e. The summed E-state index contributed by atoms with van der Waals surface area (Å²) in [6, 6.07) is 11.2. The highest BCUT2D eigenvalue weighted by Gasteiger charge is 2.21. The Morgan fingerprint density at radius 1 is 1.19 bits per heavy atom. The van der Waals surface area contributed by atoms with Crippen molar-refractivity contribution in [3.8, 4) is 0 Å². The lowest BCUT2D eigenvalue weighted by atomic mass is 10.0. The van der Waals surface area contributed by atoms with E-state index < -0.39 is 23.1 Å². The van der Waals surface area contributed by atoms with Gasteiger partial charge in [0.2, 0.25) is 0 Å². The predicted octanol–water partition coefficient (Wildman–Crippen LogP) is 4.61.